The number of anilines is 4. The van der Waals surface area contributed by atoms with E-state index in [4.69, 9.17) is 9.97 Å². The van der Waals surface area contributed by atoms with Crippen molar-refractivity contribution < 1.29 is 0 Å². The molecule has 8 nitrogen and oxygen atoms in total. The van der Waals surface area contributed by atoms with Gasteiger partial charge in [0.2, 0.25) is 0 Å². The zero-order chi connectivity index (χ0) is 44.0. The van der Waals surface area contributed by atoms with Crippen LogP contribution < -0.4 is 10.2 Å². The van der Waals surface area contributed by atoms with Gasteiger partial charge in [-0.1, -0.05) is 113 Å². The predicted molar refractivity (Wildman–Crippen MR) is 264 cm³/mol. The standard InChI is InChI=1S/C34H25N7.C8H9N.C4H8.C3H6.2C2H6/c1-38-21-35-29-16-15-27(18-32(29)38)40-23-37-31-19-33-30(20-34(31)40)36-22-39(33)26-13-8-14-28(17-26)41(24-9-4-2-5-10-24)25-11-6-3-7-12-25;1-2-9-8-6-4-3-5-7-8;1-3-4-2;1-3-2;2*1-2/h2-23H,1H3;2-7,9H,1H2;3-4H,1-2H3;3H,1H2,2H3;2*1-2H3/b;;4-3-;;;. The predicted octanol–water partition coefficient (Wildman–Crippen LogP) is 14.8. The summed E-state index contributed by atoms with van der Waals surface area (Å²) < 4.78 is 6.27. The van der Waals surface area contributed by atoms with Crippen LogP contribution in [0.5, 0.6) is 0 Å². The Balaban J connectivity index is 0.000000345. The third-order valence-corrected chi connectivity index (χ3v) is 8.97. The van der Waals surface area contributed by atoms with E-state index in [1.54, 1.807) is 12.3 Å². The van der Waals surface area contributed by atoms with Crippen molar-refractivity contribution in [3.05, 3.63) is 202 Å². The SMILES string of the molecule is C/C=C\C.C=CC.C=CNc1ccccc1.CC.CC.Cn1cnc2ccc(-n3cnc4cc5c(cc43)ncn5-c3cccc(N(c4ccccc4)c4ccccc4)c3)cc21. The van der Waals surface area contributed by atoms with Crippen molar-refractivity contribution in [1.82, 2.24) is 28.7 Å². The summed E-state index contributed by atoms with van der Waals surface area (Å²) in [5.74, 6) is 0. The molecule has 0 fully saturated rings. The summed E-state index contributed by atoms with van der Waals surface area (Å²) >= 11 is 0. The highest BCUT2D eigenvalue weighted by Crippen LogP contribution is 2.36. The maximum Gasteiger partial charge on any atom is 0.100 e. The lowest BCUT2D eigenvalue weighted by Gasteiger charge is -2.26. The van der Waals surface area contributed by atoms with Crippen molar-refractivity contribution in [3.8, 4) is 11.4 Å². The molecule has 0 saturated heterocycles. The first kappa shape index (κ1) is 46.2. The Morgan fingerprint density at radius 3 is 1.44 bits per heavy atom. The average Bonchev–Trinajstić information content (AvgIpc) is 4.05. The molecule has 0 unspecified atom stereocenters. The number of allylic oxidation sites excluding steroid dienone is 3. The van der Waals surface area contributed by atoms with Gasteiger partial charge in [-0.2, -0.15) is 0 Å². The summed E-state index contributed by atoms with van der Waals surface area (Å²) in [6.07, 6.45) is 13.0. The molecule has 0 spiro atoms. The minimum absolute atomic E-state index is 0.911. The van der Waals surface area contributed by atoms with E-state index in [0.29, 0.717) is 0 Å². The van der Waals surface area contributed by atoms with Crippen LogP contribution in [-0.2, 0) is 7.05 Å². The summed E-state index contributed by atoms with van der Waals surface area (Å²) in [4.78, 5) is 16.3. The minimum Gasteiger partial charge on any atom is -0.362 e. The van der Waals surface area contributed by atoms with Crippen molar-refractivity contribution in [2.24, 2.45) is 7.05 Å². The second-order valence-electron chi connectivity index (χ2n) is 12.9. The Kier molecular flexibility index (Phi) is 18.5. The van der Waals surface area contributed by atoms with Crippen molar-refractivity contribution in [1.29, 1.82) is 0 Å². The third-order valence-electron chi connectivity index (χ3n) is 8.97. The number of benzene rings is 6. The number of aryl methyl sites for hydroxylation is 1. The summed E-state index contributed by atoms with van der Waals surface area (Å²) in [5.41, 5.74) is 12.3. The van der Waals surface area contributed by atoms with E-state index in [0.717, 1.165) is 67.2 Å². The van der Waals surface area contributed by atoms with Crippen molar-refractivity contribution in [2.45, 2.75) is 48.5 Å². The quantitative estimate of drug-likeness (QED) is 0.162. The molecular formula is C53H60N8. The number of imidazole rings is 3. The number of para-hydroxylation sites is 3. The molecule has 0 aliphatic rings. The molecule has 0 atom stereocenters. The van der Waals surface area contributed by atoms with Crippen LogP contribution in [0.2, 0.25) is 0 Å². The lowest BCUT2D eigenvalue weighted by atomic mass is 10.1. The van der Waals surface area contributed by atoms with Gasteiger partial charge in [0.05, 0.1) is 39.4 Å². The van der Waals surface area contributed by atoms with Gasteiger partial charge in [-0.3, -0.25) is 9.13 Å². The number of aromatic nitrogens is 6. The van der Waals surface area contributed by atoms with Gasteiger partial charge in [-0.05, 0) is 112 Å². The van der Waals surface area contributed by atoms with Crippen LogP contribution in [0.15, 0.2) is 202 Å². The first-order chi connectivity index (χ1) is 30.0. The van der Waals surface area contributed by atoms with E-state index in [2.05, 4.69) is 135 Å². The summed E-state index contributed by atoms with van der Waals surface area (Å²) in [5, 5.41) is 2.97. The largest absolute Gasteiger partial charge is 0.362 e. The normalized spacial score (nSPS) is 10.0. The molecule has 61 heavy (non-hydrogen) atoms. The van der Waals surface area contributed by atoms with Gasteiger partial charge < -0.3 is 14.8 Å². The third kappa shape index (κ3) is 11.8. The maximum atomic E-state index is 4.80. The fourth-order valence-electron chi connectivity index (χ4n) is 6.22. The first-order valence-corrected chi connectivity index (χ1v) is 20.8. The molecule has 0 radical (unpaired) electrons. The number of rotatable bonds is 7. The van der Waals surface area contributed by atoms with Crippen molar-refractivity contribution in [2.75, 3.05) is 10.2 Å². The molecule has 1 N–H and O–H groups in total. The molecule has 0 aliphatic heterocycles. The number of fused-ring (bicyclic) bond motifs is 3. The van der Waals surface area contributed by atoms with E-state index in [1.165, 1.54) is 0 Å². The Hall–Kier alpha value is -7.45. The van der Waals surface area contributed by atoms with E-state index < -0.39 is 0 Å². The molecule has 9 rings (SSSR count). The smallest absolute Gasteiger partial charge is 0.100 e. The zero-order valence-corrected chi connectivity index (χ0v) is 36.9. The minimum atomic E-state index is 0.911. The summed E-state index contributed by atoms with van der Waals surface area (Å²) in [6.45, 7) is 20.8. The monoisotopic (exact) mass is 808 g/mol. The fourth-order valence-corrected chi connectivity index (χ4v) is 6.22. The molecule has 0 bridgehead atoms. The van der Waals surface area contributed by atoms with Crippen molar-refractivity contribution in [3.63, 3.8) is 0 Å². The highest BCUT2D eigenvalue weighted by atomic mass is 15.1. The van der Waals surface area contributed by atoms with Crippen molar-refractivity contribution >= 4 is 55.8 Å². The summed E-state index contributed by atoms with van der Waals surface area (Å²) in [6, 6.07) is 49.8. The maximum absolute atomic E-state index is 4.80. The second kappa shape index (κ2) is 24.5. The highest BCUT2D eigenvalue weighted by Gasteiger charge is 2.15. The van der Waals surface area contributed by atoms with Crippen LogP contribution >= 0.6 is 0 Å². The first-order valence-electron chi connectivity index (χ1n) is 20.8. The molecule has 9 aromatic rings. The molecular weight excluding hydrogens is 749 g/mol. The molecule has 312 valence electrons. The molecule has 0 aliphatic carbocycles. The highest BCUT2D eigenvalue weighted by molar-refractivity contribution is 5.94. The Bertz CT molecular complexity index is 2640. The lowest BCUT2D eigenvalue weighted by molar-refractivity contribution is 0.946. The zero-order valence-electron chi connectivity index (χ0n) is 36.9. The molecule has 3 aromatic heterocycles. The van der Waals surface area contributed by atoms with Gasteiger partial charge in [-0.15, -0.1) is 6.58 Å². The van der Waals surface area contributed by atoms with E-state index in [1.807, 2.05) is 140 Å². The Labute approximate surface area is 362 Å². The van der Waals surface area contributed by atoms with Crippen LogP contribution in [0, 0.1) is 0 Å². The number of hydrogen-bond acceptors (Lipinski definition) is 5. The Morgan fingerprint density at radius 2 is 0.951 bits per heavy atom. The van der Waals surface area contributed by atoms with Crippen LogP contribution in [0.4, 0.5) is 22.7 Å². The topological polar surface area (TPSA) is 68.7 Å². The molecule has 0 amide bonds. The molecule has 0 saturated carbocycles. The number of nitrogens with zero attached hydrogens (tertiary/aromatic N) is 7. The lowest BCUT2D eigenvalue weighted by Crippen LogP contribution is -2.10. The molecule has 6 aromatic carbocycles. The van der Waals surface area contributed by atoms with E-state index >= 15 is 0 Å². The number of nitrogens with one attached hydrogen (secondary N) is 1. The van der Waals surface area contributed by atoms with Crippen LogP contribution in [0.1, 0.15) is 48.5 Å². The second-order valence-corrected chi connectivity index (χ2v) is 12.9. The Morgan fingerprint density at radius 1 is 0.492 bits per heavy atom. The van der Waals surface area contributed by atoms with E-state index in [-0.39, 0.29) is 0 Å². The van der Waals surface area contributed by atoms with Gasteiger partial charge in [-0.25, -0.2) is 15.0 Å². The van der Waals surface area contributed by atoms with Gasteiger partial charge in [0, 0.05) is 41.2 Å². The fraction of sp³-hybridized carbons (Fsp3) is 0.151. The van der Waals surface area contributed by atoms with Gasteiger partial charge in [0.1, 0.15) is 12.7 Å². The van der Waals surface area contributed by atoms with Gasteiger partial charge in [0.15, 0.2) is 0 Å². The van der Waals surface area contributed by atoms with Crippen LogP contribution in [0.3, 0.4) is 0 Å². The average molecular weight is 809 g/mol. The summed E-state index contributed by atoms with van der Waals surface area (Å²) in [7, 11) is 2.01. The van der Waals surface area contributed by atoms with E-state index in [9.17, 15) is 0 Å². The molecule has 3 heterocycles. The van der Waals surface area contributed by atoms with Gasteiger partial charge in [0.25, 0.3) is 0 Å². The van der Waals surface area contributed by atoms with Crippen LogP contribution in [0.25, 0.3) is 44.5 Å². The van der Waals surface area contributed by atoms with Gasteiger partial charge >= 0.3 is 0 Å². The van der Waals surface area contributed by atoms with Crippen LogP contribution in [-0.4, -0.2) is 28.7 Å². The number of hydrogen-bond donors (Lipinski definition) is 1. The molecule has 8 heteroatoms.